The first-order valence-electron chi connectivity index (χ1n) is 7.65. The Morgan fingerprint density at radius 3 is 2.61 bits per heavy atom. The second kappa shape index (κ2) is 4.87. The summed E-state index contributed by atoms with van der Waals surface area (Å²) in [7, 11) is 0. The van der Waals surface area contributed by atoms with Gasteiger partial charge in [-0.25, -0.2) is 0 Å². The van der Waals surface area contributed by atoms with Gasteiger partial charge in [-0.15, -0.1) is 0 Å². The standard InChI is InChI=1S/C19H16N2O2/c1-11-17(19(23)21-9-8-16(22)18(11)21)15-7-6-12(10-20)13-4-2-3-5-14(13)15/h2-7,16,22-23H,8-9H2,1H3/t16-/m0/s1. The lowest BCUT2D eigenvalue weighted by atomic mass is 9.94. The summed E-state index contributed by atoms with van der Waals surface area (Å²) in [6.45, 7) is 2.56. The minimum Gasteiger partial charge on any atom is -0.494 e. The van der Waals surface area contributed by atoms with Crippen LogP contribution in [0.5, 0.6) is 5.88 Å². The minimum absolute atomic E-state index is 0.198. The molecule has 23 heavy (non-hydrogen) atoms. The Morgan fingerprint density at radius 2 is 1.91 bits per heavy atom. The van der Waals surface area contributed by atoms with Crippen LogP contribution in [-0.2, 0) is 6.54 Å². The minimum atomic E-state index is -0.528. The molecule has 2 heterocycles. The number of aromatic hydroxyl groups is 1. The molecule has 0 unspecified atom stereocenters. The maximum atomic E-state index is 10.7. The summed E-state index contributed by atoms with van der Waals surface area (Å²) in [4.78, 5) is 0. The summed E-state index contributed by atoms with van der Waals surface area (Å²) < 4.78 is 1.79. The maximum Gasteiger partial charge on any atom is 0.199 e. The molecule has 4 heteroatoms. The summed E-state index contributed by atoms with van der Waals surface area (Å²) in [5.74, 6) is 0.198. The van der Waals surface area contributed by atoms with Crippen LogP contribution in [0.25, 0.3) is 21.9 Å². The molecule has 2 N–H and O–H groups in total. The largest absolute Gasteiger partial charge is 0.494 e. The Morgan fingerprint density at radius 1 is 1.17 bits per heavy atom. The number of benzene rings is 2. The van der Waals surface area contributed by atoms with Crippen molar-refractivity contribution in [3.8, 4) is 23.1 Å². The Kier molecular flexibility index (Phi) is 2.93. The third kappa shape index (κ3) is 1.81. The average Bonchev–Trinajstić information content (AvgIpc) is 3.07. The van der Waals surface area contributed by atoms with Crippen LogP contribution in [0.15, 0.2) is 36.4 Å². The van der Waals surface area contributed by atoms with Gasteiger partial charge in [-0.3, -0.25) is 0 Å². The van der Waals surface area contributed by atoms with E-state index in [1.165, 1.54) is 0 Å². The van der Waals surface area contributed by atoms with Gasteiger partial charge in [0.05, 0.1) is 23.4 Å². The Bertz CT molecular complexity index is 979. The number of hydrogen-bond donors (Lipinski definition) is 2. The Hall–Kier alpha value is -2.77. The summed E-state index contributed by atoms with van der Waals surface area (Å²) in [5.41, 5.74) is 3.96. The molecule has 0 bridgehead atoms. The monoisotopic (exact) mass is 304 g/mol. The summed E-state index contributed by atoms with van der Waals surface area (Å²) in [6.07, 6.45) is 0.109. The third-order valence-corrected chi connectivity index (χ3v) is 4.78. The van der Waals surface area contributed by atoms with E-state index >= 15 is 0 Å². The fourth-order valence-corrected chi connectivity index (χ4v) is 3.73. The quantitative estimate of drug-likeness (QED) is 0.721. The molecule has 4 rings (SSSR count). The summed E-state index contributed by atoms with van der Waals surface area (Å²) in [6, 6.07) is 13.6. The van der Waals surface area contributed by atoms with Gasteiger partial charge in [-0.1, -0.05) is 30.3 Å². The van der Waals surface area contributed by atoms with E-state index in [0.29, 0.717) is 18.5 Å². The van der Waals surface area contributed by atoms with Crippen molar-refractivity contribution < 1.29 is 10.2 Å². The zero-order chi connectivity index (χ0) is 16.1. The van der Waals surface area contributed by atoms with Gasteiger partial charge < -0.3 is 14.8 Å². The fourth-order valence-electron chi connectivity index (χ4n) is 3.73. The highest BCUT2D eigenvalue weighted by atomic mass is 16.3. The first-order valence-corrected chi connectivity index (χ1v) is 7.65. The van der Waals surface area contributed by atoms with Crippen LogP contribution in [0.1, 0.15) is 29.3 Å². The van der Waals surface area contributed by atoms with Gasteiger partial charge in [0.25, 0.3) is 0 Å². The van der Waals surface area contributed by atoms with Gasteiger partial charge in [-0.05, 0) is 35.9 Å². The molecule has 0 aliphatic carbocycles. The number of nitriles is 1. The van der Waals surface area contributed by atoms with Gasteiger partial charge in [0, 0.05) is 17.5 Å². The van der Waals surface area contributed by atoms with E-state index in [4.69, 9.17) is 0 Å². The van der Waals surface area contributed by atoms with Crippen molar-refractivity contribution in [1.29, 1.82) is 5.26 Å². The van der Waals surface area contributed by atoms with E-state index in [1.807, 2.05) is 37.3 Å². The first kappa shape index (κ1) is 13.9. The van der Waals surface area contributed by atoms with Gasteiger partial charge in [0.1, 0.15) is 0 Å². The van der Waals surface area contributed by atoms with E-state index < -0.39 is 6.10 Å². The number of aliphatic hydroxyl groups excluding tert-OH is 1. The molecular formula is C19H16N2O2. The van der Waals surface area contributed by atoms with Gasteiger partial charge in [0.2, 0.25) is 0 Å². The first-order chi connectivity index (χ1) is 11.1. The van der Waals surface area contributed by atoms with Crippen LogP contribution < -0.4 is 0 Å². The fraction of sp³-hybridized carbons (Fsp3) is 0.211. The molecular weight excluding hydrogens is 288 g/mol. The van der Waals surface area contributed by atoms with Crippen LogP contribution in [0.3, 0.4) is 0 Å². The zero-order valence-electron chi connectivity index (χ0n) is 12.7. The summed E-state index contributed by atoms with van der Waals surface area (Å²) in [5, 5.41) is 31.9. The number of rotatable bonds is 1. The number of aliphatic hydroxyl groups is 1. The third-order valence-electron chi connectivity index (χ3n) is 4.78. The Labute approximate surface area is 133 Å². The molecule has 0 radical (unpaired) electrons. The van der Waals surface area contributed by atoms with E-state index in [-0.39, 0.29) is 5.88 Å². The summed E-state index contributed by atoms with van der Waals surface area (Å²) >= 11 is 0. The lowest BCUT2D eigenvalue weighted by Crippen LogP contribution is -1.93. The average molecular weight is 304 g/mol. The second-order valence-electron chi connectivity index (χ2n) is 5.98. The van der Waals surface area contributed by atoms with E-state index in [0.717, 1.165) is 33.2 Å². The lowest BCUT2D eigenvalue weighted by molar-refractivity contribution is 0.179. The molecule has 1 atom stereocenters. The van der Waals surface area contributed by atoms with Crippen molar-refractivity contribution in [3.63, 3.8) is 0 Å². The molecule has 0 spiro atoms. The van der Waals surface area contributed by atoms with E-state index in [1.54, 1.807) is 10.6 Å². The molecule has 0 saturated carbocycles. The predicted molar refractivity (Wildman–Crippen MR) is 88.1 cm³/mol. The van der Waals surface area contributed by atoms with Crippen LogP contribution in [0, 0.1) is 18.3 Å². The van der Waals surface area contributed by atoms with Crippen LogP contribution in [0.2, 0.25) is 0 Å². The lowest BCUT2D eigenvalue weighted by Gasteiger charge is -2.10. The van der Waals surface area contributed by atoms with Crippen molar-refractivity contribution >= 4 is 10.8 Å². The molecule has 2 aromatic carbocycles. The number of hydrogen-bond acceptors (Lipinski definition) is 3. The van der Waals surface area contributed by atoms with Gasteiger partial charge in [-0.2, -0.15) is 5.26 Å². The van der Waals surface area contributed by atoms with E-state index in [9.17, 15) is 15.5 Å². The van der Waals surface area contributed by atoms with Gasteiger partial charge in [0.15, 0.2) is 5.88 Å². The molecule has 3 aromatic rings. The smallest absolute Gasteiger partial charge is 0.199 e. The Balaban J connectivity index is 2.06. The molecule has 1 aliphatic heterocycles. The number of fused-ring (bicyclic) bond motifs is 2. The molecule has 0 amide bonds. The molecule has 0 saturated heterocycles. The highest BCUT2D eigenvalue weighted by Crippen LogP contribution is 2.45. The maximum absolute atomic E-state index is 10.7. The SMILES string of the molecule is Cc1c(-c2ccc(C#N)c3ccccc23)c(O)n2c1[C@@H](O)CC2. The molecule has 4 nitrogen and oxygen atoms in total. The molecule has 1 aromatic heterocycles. The van der Waals surface area contributed by atoms with Crippen LogP contribution >= 0.6 is 0 Å². The van der Waals surface area contributed by atoms with Crippen molar-refractivity contribution in [2.45, 2.75) is 26.0 Å². The molecule has 0 fully saturated rings. The van der Waals surface area contributed by atoms with Crippen LogP contribution in [-0.4, -0.2) is 14.8 Å². The number of nitrogens with zero attached hydrogens (tertiary/aromatic N) is 2. The normalized spacial score (nSPS) is 16.5. The van der Waals surface area contributed by atoms with Crippen molar-refractivity contribution in [2.24, 2.45) is 0 Å². The molecule has 1 aliphatic rings. The number of aromatic nitrogens is 1. The van der Waals surface area contributed by atoms with Crippen LogP contribution in [0.4, 0.5) is 0 Å². The second-order valence-corrected chi connectivity index (χ2v) is 5.98. The zero-order valence-corrected chi connectivity index (χ0v) is 12.7. The topological polar surface area (TPSA) is 69.2 Å². The predicted octanol–water partition coefficient (Wildman–Crippen LogP) is 3.63. The van der Waals surface area contributed by atoms with Crippen molar-refractivity contribution in [2.75, 3.05) is 0 Å². The van der Waals surface area contributed by atoms with Crippen molar-refractivity contribution in [3.05, 3.63) is 53.2 Å². The van der Waals surface area contributed by atoms with E-state index in [2.05, 4.69) is 6.07 Å². The van der Waals surface area contributed by atoms with Crippen molar-refractivity contribution in [1.82, 2.24) is 4.57 Å². The van der Waals surface area contributed by atoms with Gasteiger partial charge >= 0.3 is 0 Å². The highest BCUT2D eigenvalue weighted by molar-refractivity contribution is 6.01. The highest BCUT2D eigenvalue weighted by Gasteiger charge is 2.30. The molecule has 114 valence electrons.